The third-order valence-corrected chi connectivity index (χ3v) is 6.23. The van der Waals surface area contributed by atoms with Crippen LogP contribution in [0.2, 0.25) is 0 Å². The van der Waals surface area contributed by atoms with E-state index in [2.05, 4.69) is 25.9 Å². The molecule has 2 atom stereocenters. The number of aromatic nitrogens is 4. The maximum Gasteiger partial charge on any atom is 0.423 e. The van der Waals surface area contributed by atoms with Gasteiger partial charge in [0, 0.05) is 42.7 Å². The number of anilines is 2. The predicted molar refractivity (Wildman–Crippen MR) is 139 cm³/mol. The highest BCUT2D eigenvalue weighted by molar-refractivity contribution is 5.77. The molecule has 40 heavy (non-hydrogen) atoms. The zero-order valence-electron chi connectivity index (χ0n) is 21.6. The van der Waals surface area contributed by atoms with E-state index >= 15 is 0 Å². The minimum Gasteiger partial charge on any atom is -0.378 e. The van der Waals surface area contributed by atoms with Crippen molar-refractivity contribution in [1.82, 2.24) is 25.6 Å². The number of H-pyrrole nitrogens is 1. The van der Waals surface area contributed by atoms with E-state index < -0.39 is 34.9 Å². The van der Waals surface area contributed by atoms with Crippen molar-refractivity contribution in [1.29, 1.82) is 0 Å². The van der Waals surface area contributed by atoms with Crippen LogP contribution in [0.5, 0.6) is 0 Å². The van der Waals surface area contributed by atoms with Crippen molar-refractivity contribution in [3.05, 3.63) is 76.2 Å². The number of hydrogen-bond donors (Lipinski definition) is 3. The summed E-state index contributed by atoms with van der Waals surface area (Å²) in [7, 11) is 0. The van der Waals surface area contributed by atoms with Gasteiger partial charge in [0.2, 0.25) is 11.9 Å². The minimum atomic E-state index is -4.87. The molecule has 1 aliphatic heterocycles. The largest absolute Gasteiger partial charge is 0.423 e. The maximum absolute atomic E-state index is 14.0. The maximum atomic E-state index is 14.0. The number of alkyl halides is 3. The van der Waals surface area contributed by atoms with E-state index in [1.165, 1.54) is 13.0 Å². The Labute approximate surface area is 226 Å². The molecule has 0 aliphatic carbocycles. The molecule has 3 aromatic rings. The molecule has 2 aromatic heterocycles. The molecular weight excluding hydrogens is 534 g/mol. The first-order chi connectivity index (χ1) is 19.0. The average molecular weight is 562 g/mol. The van der Waals surface area contributed by atoms with Gasteiger partial charge in [-0.3, -0.25) is 14.4 Å². The predicted octanol–water partition coefficient (Wildman–Crippen LogP) is 3.71. The van der Waals surface area contributed by atoms with Gasteiger partial charge in [0.05, 0.1) is 24.9 Å². The van der Waals surface area contributed by atoms with E-state index in [-0.39, 0.29) is 24.8 Å². The number of aromatic amines is 1. The average Bonchev–Trinajstić information content (AvgIpc) is 2.89. The summed E-state index contributed by atoms with van der Waals surface area (Å²) < 4.78 is 53.6. The van der Waals surface area contributed by atoms with Gasteiger partial charge in [-0.25, -0.2) is 24.9 Å². The molecule has 212 valence electrons. The van der Waals surface area contributed by atoms with Crippen LogP contribution in [0.15, 0.2) is 59.3 Å². The molecule has 1 aliphatic rings. The van der Waals surface area contributed by atoms with Crippen molar-refractivity contribution < 1.29 is 27.2 Å². The number of nitrogens with one attached hydrogen (secondary N) is 3. The highest BCUT2D eigenvalue weighted by atomic mass is 19.4. The monoisotopic (exact) mass is 561 g/mol. The molecule has 0 radical (unpaired) electrons. The van der Waals surface area contributed by atoms with Crippen LogP contribution < -0.4 is 21.3 Å². The molecule has 1 unspecified atom stereocenters. The fourth-order valence-electron chi connectivity index (χ4n) is 4.24. The van der Waals surface area contributed by atoms with Gasteiger partial charge in [0.1, 0.15) is 11.4 Å². The third-order valence-electron chi connectivity index (χ3n) is 6.23. The Morgan fingerprint density at radius 2 is 1.95 bits per heavy atom. The first kappa shape index (κ1) is 28.7. The van der Waals surface area contributed by atoms with Gasteiger partial charge in [-0.05, 0) is 18.9 Å². The second-order valence-electron chi connectivity index (χ2n) is 9.38. The van der Waals surface area contributed by atoms with Crippen molar-refractivity contribution in [2.75, 3.05) is 29.9 Å². The molecule has 1 aromatic carbocycles. The third kappa shape index (κ3) is 7.00. The summed E-state index contributed by atoms with van der Waals surface area (Å²) in [5.41, 5.74) is 0.924. The number of hydrogen-bond acceptors (Lipinski definition) is 8. The lowest BCUT2D eigenvalue weighted by Crippen LogP contribution is -2.37. The first-order valence-electron chi connectivity index (χ1n) is 12.4. The topological polar surface area (TPSA) is 125 Å². The number of hydroxylamine groups is 1. The molecule has 0 bridgehead atoms. The van der Waals surface area contributed by atoms with Gasteiger partial charge in [0.25, 0.3) is 5.56 Å². The van der Waals surface area contributed by atoms with E-state index in [1.807, 2.05) is 17.9 Å². The quantitative estimate of drug-likeness (QED) is 0.205. The highest BCUT2D eigenvalue weighted by Gasteiger charge is 2.37. The zero-order valence-corrected chi connectivity index (χ0v) is 21.6. The zero-order chi connectivity index (χ0) is 28.9. The number of carbonyl (C=O) groups is 1. The van der Waals surface area contributed by atoms with Crippen LogP contribution in [-0.4, -0.2) is 51.8 Å². The number of nitrogens with zero attached hydrogens (tertiary/aromatic N) is 4. The summed E-state index contributed by atoms with van der Waals surface area (Å²) in [6, 6.07) is 5.70. The fourth-order valence-corrected chi connectivity index (χ4v) is 4.24. The molecule has 14 heteroatoms. The van der Waals surface area contributed by atoms with Crippen LogP contribution in [-0.2, 0) is 15.8 Å². The first-order valence-corrected chi connectivity index (χ1v) is 12.4. The Morgan fingerprint density at radius 3 is 2.62 bits per heavy atom. The van der Waals surface area contributed by atoms with E-state index in [9.17, 15) is 27.2 Å². The number of amides is 1. The molecule has 3 N–H and O–H groups in total. The Bertz CT molecular complexity index is 1430. The summed E-state index contributed by atoms with van der Waals surface area (Å²) in [4.78, 5) is 39.9. The number of benzene rings is 1. The lowest BCUT2D eigenvalue weighted by atomic mass is 9.94. The second kappa shape index (κ2) is 12.2. The van der Waals surface area contributed by atoms with Gasteiger partial charge >= 0.3 is 6.18 Å². The Hall–Kier alpha value is -4.33. The number of carbonyl (C=O) groups excluding carboxylic acids is 1. The van der Waals surface area contributed by atoms with Gasteiger partial charge in [0.15, 0.2) is 0 Å². The number of rotatable bonds is 9. The van der Waals surface area contributed by atoms with E-state index in [0.717, 1.165) is 11.8 Å². The molecule has 4 rings (SSSR count). The van der Waals surface area contributed by atoms with E-state index in [0.29, 0.717) is 30.2 Å². The molecule has 0 fully saturated rings. The standard InChI is InChI=1S/C26H27F4N7O3/c1-15-13-37(25-31-10-18(11-32-25)19-5-3-4-6-20(19)27)8-7-17(15)9-22(38)36-40-14-16(2)34-21-12-33-35-24(39)23(21)26(28,29)30/h3-7,10-12,15-16H,8-9,13-14H2,1-2H3,(H,36,38)(H2,34,35,39)/t15?,16-/m0/s1. The molecule has 10 nitrogen and oxygen atoms in total. The van der Waals surface area contributed by atoms with Crippen molar-refractivity contribution in [3.63, 3.8) is 0 Å². The Kier molecular flexibility index (Phi) is 8.77. The van der Waals surface area contributed by atoms with E-state index in [1.54, 1.807) is 35.7 Å². The SMILES string of the molecule is CC1CN(c2ncc(-c3ccccc3F)cn2)CC=C1CC(=O)NOC[C@H](C)Nc1cn[nH]c(=O)c1C(F)(F)F. The number of halogens is 4. The minimum absolute atomic E-state index is 0.000559. The lowest BCUT2D eigenvalue weighted by Gasteiger charge is -2.31. The summed E-state index contributed by atoms with van der Waals surface area (Å²) in [6.07, 6.45) is 1.11. The Morgan fingerprint density at radius 1 is 1.23 bits per heavy atom. The van der Waals surface area contributed by atoms with Gasteiger partial charge < -0.3 is 10.2 Å². The van der Waals surface area contributed by atoms with E-state index in [4.69, 9.17) is 4.84 Å². The molecule has 0 spiro atoms. The van der Waals surface area contributed by atoms with Gasteiger partial charge in [-0.2, -0.15) is 18.3 Å². The van der Waals surface area contributed by atoms with Crippen molar-refractivity contribution in [3.8, 4) is 11.1 Å². The van der Waals surface area contributed by atoms with Crippen LogP contribution in [0.25, 0.3) is 11.1 Å². The summed E-state index contributed by atoms with van der Waals surface area (Å²) >= 11 is 0. The molecule has 1 amide bonds. The second-order valence-corrected chi connectivity index (χ2v) is 9.38. The van der Waals surface area contributed by atoms with Crippen LogP contribution in [0.1, 0.15) is 25.8 Å². The molecule has 0 saturated heterocycles. The van der Waals surface area contributed by atoms with Gasteiger partial charge in [-0.15, -0.1) is 0 Å². The van der Waals surface area contributed by atoms with Crippen LogP contribution in [0, 0.1) is 11.7 Å². The normalized spacial score (nSPS) is 16.3. The van der Waals surface area contributed by atoms with Crippen molar-refractivity contribution in [2.24, 2.45) is 5.92 Å². The summed E-state index contributed by atoms with van der Waals surface area (Å²) in [6.45, 7) is 4.35. The summed E-state index contributed by atoms with van der Waals surface area (Å²) in [5.74, 6) is -0.287. The van der Waals surface area contributed by atoms with Crippen molar-refractivity contribution >= 4 is 17.5 Å². The summed E-state index contributed by atoms with van der Waals surface area (Å²) in [5, 5.41) is 7.69. The molecule has 0 saturated carbocycles. The highest BCUT2D eigenvalue weighted by Crippen LogP contribution is 2.31. The van der Waals surface area contributed by atoms with Crippen LogP contribution >= 0.6 is 0 Å². The molecular formula is C26H27F4N7O3. The van der Waals surface area contributed by atoms with Gasteiger partial charge in [-0.1, -0.05) is 36.8 Å². The van der Waals surface area contributed by atoms with Crippen LogP contribution in [0.3, 0.4) is 0 Å². The fraction of sp³-hybridized carbons (Fsp3) is 0.346. The molecule has 3 heterocycles. The van der Waals surface area contributed by atoms with Crippen LogP contribution in [0.4, 0.5) is 29.2 Å². The van der Waals surface area contributed by atoms with Crippen molar-refractivity contribution in [2.45, 2.75) is 32.5 Å². The Balaban J connectivity index is 1.26. The smallest absolute Gasteiger partial charge is 0.378 e. The lowest BCUT2D eigenvalue weighted by molar-refractivity contribution is -0.138.